The van der Waals surface area contributed by atoms with Crippen LogP contribution in [0.25, 0.3) is 0 Å². The van der Waals surface area contributed by atoms with Gasteiger partial charge in [0, 0.05) is 6.42 Å². The number of aromatic nitrogens is 2. The molecule has 1 rings (SSSR count). The second kappa shape index (κ2) is 8.90. The molecule has 0 bridgehead atoms. The van der Waals surface area contributed by atoms with Crippen molar-refractivity contribution in [1.29, 1.82) is 0 Å². The third kappa shape index (κ3) is 5.48. The fourth-order valence-electron chi connectivity index (χ4n) is 1.68. The number of oxime groups is 1. The van der Waals surface area contributed by atoms with Gasteiger partial charge in [-0.15, -0.1) is 0 Å². The molecule has 102 valence electrons. The van der Waals surface area contributed by atoms with Crippen LogP contribution in [0.4, 0.5) is 0 Å². The minimum absolute atomic E-state index is 0. The normalized spacial score (nSPS) is 10.5. The Morgan fingerprint density at radius 3 is 2.83 bits per heavy atom. The fourth-order valence-corrected chi connectivity index (χ4v) is 1.68. The van der Waals surface area contributed by atoms with Gasteiger partial charge in [-0.3, -0.25) is 4.79 Å². The van der Waals surface area contributed by atoms with E-state index in [1.807, 2.05) is 28.6 Å². The molecule has 6 nitrogen and oxygen atoms in total. The summed E-state index contributed by atoms with van der Waals surface area (Å²) in [5, 5.41) is 20.1. The van der Waals surface area contributed by atoms with Gasteiger partial charge in [0.1, 0.15) is 12.4 Å². The summed E-state index contributed by atoms with van der Waals surface area (Å²) in [5.41, 5.74) is 0. The SMILES string of the molecule is C[n+]1ccn(CCCCCC(=O)O)c1/C=N/O.[I-]. The first kappa shape index (κ1) is 16.9. The molecule has 0 amide bonds. The number of halogens is 1. The Morgan fingerprint density at radius 1 is 1.50 bits per heavy atom. The number of carbonyl (C=O) groups is 1. The Morgan fingerprint density at radius 2 is 2.22 bits per heavy atom. The molecule has 0 spiro atoms. The number of imidazole rings is 1. The third-order valence-corrected chi connectivity index (χ3v) is 2.59. The summed E-state index contributed by atoms with van der Waals surface area (Å²) in [6.07, 6.45) is 7.90. The van der Waals surface area contributed by atoms with Crippen LogP contribution in [-0.2, 0) is 18.4 Å². The van der Waals surface area contributed by atoms with Crippen molar-refractivity contribution >= 4 is 12.2 Å². The first-order valence-electron chi connectivity index (χ1n) is 5.59. The van der Waals surface area contributed by atoms with Crippen LogP contribution in [0.5, 0.6) is 0 Å². The summed E-state index contributed by atoms with van der Waals surface area (Å²) >= 11 is 0. The molecule has 0 fully saturated rings. The van der Waals surface area contributed by atoms with Crippen molar-refractivity contribution in [3.05, 3.63) is 18.2 Å². The number of hydrogen-bond acceptors (Lipinski definition) is 3. The molecule has 0 aromatic carbocycles. The molecule has 0 aliphatic heterocycles. The van der Waals surface area contributed by atoms with Gasteiger partial charge in [-0.2, -0.15) is 0 Å². The van der Waals surface area contributed by atoms with Crippen molar-refractivity contribution in [3.63, 3.8) is 0 Å². The molecule has 1 aromatic rings. The predicted molar refractivity (Wildman–Crippen MR) is 61.1 cm³/mol. The molecule has 0 saturated carbocycles. The van der Waals surface area contributed by atoms with Gasteiger partial charge in [-0.05, 0) is 19.3 Å². The average Bonchev–Trinajstić information content (AvgIpc) is 2.61. The number of carboxylic acids is 1. The summed E-state index contributed by atoms with van der Waals surface area (Å²) in [6, 6.07) is 0. The summed E-state index contributed by atoms with van der Waals surface area (Å²) in [7, 11) is 1.87. The molecule has 0 unspecified atom stereocenters. The molecular formula is C11H18IN3O3. The highest BCUT2D eigenvalue weighted by molar-refractivity contribution is 5.72. The summed E-state index contributed by atoms with van der Waals surface area (Å²) < 4.78 is 3.83. The number of aliphatic carboxylic acids is 1. The van der Waals surface area contributed by atoms with Gasteiger partial charge in [0.15, 0.2) is 6.21 Å². The number of nitrogens with zero attached hydrogens (tertiary/aromatic N) is 3. The Bertz CT molecular complexity index is 404. The van der Waals surface area contributed by atoms with Gasteiger partial charge in [0.25, 0.3) is 0 Å². The highest BCUT2D eigenvalue weighted by atomic mass is 127. The smallest absolute Gasteiger partial charge is 0.303 e. The van der Waals surface area contributed by atoms with Gasteiger partial charge >= 0.3 is 11.8 Å². The first-order valence-corrected chi connectivity index (χ1v) is 5.59. The molecular weight excluding hydrogens is 349 g/mol. The quantitative estimate of drug-likeness (QED) is 0.143. The van der Waals surface area contributed by atoms with Gasteiger partial charge in [0.2, 0.25) is 0 Å². The standard InChI is InChI=1S/C11H17N3O3.HI/c1-13-7-8-14(10(13)9-12-17)6-4-2-3-5-11(15)16;/h7-9H,2-6H2,1H3,(H,15,16);1H. The number of aryl methyl sites for hydroxylation is 2. The topological polar surface area (TPSA) is 78.7 Å². The lowest BCUT2D eigenvalue weighted by Crippen LogP contribution is -3.00. The van der Waals surface area contributed by atoms with E-state index in [1.165, 1.54) is 6.21 Å². The Balaban J connectivity index is 0.00000289. The van der Waals surface area contributed by atoms with Crippen molar-refractivity contribution in [2.45, 2.75) is 32.2 Å². The predicted octanol–water partition coefficient (Wildman–Crippen LogP) is -2.23. The van der Waals surface area contributed by atoms with E-state index in [0.29, 0.717) is 6.42 Å². The Labute approximate surface area is 123 Å². The molecule has 7 heteroatoms. The molecule has 0 saturated heterocycles. The molecule has 0 aliphatic carbocycles. The van der Waals surface area contributed by atoms with Crippen LogP contribution in [0, 0.1) is 0 Å². The van der Waals surface area contributed by atoms with Crippen LogP contribution in [-0.4, -0.2) is 27.1 Å². The van der Waals surface area contributed by atoms with Crippen LogP contribution in [0.1, 0.15) is 31.5 Å². The first-order chi connectivity index (χ1) is 8.15. The maximum atomic E-state index is 10.3. The maximum Gasteiger partial charge on any atom is 0.303 e. The molecule has 1 heterocycles. The van der Waals surface area contributed by atoms with Crippen LogP contribution in [0.15, 0.2) is 17.5 Å². The second-order valence-electron chi connectivity index (χ2n) is 3.91. The van der Waals surface area contributed by atoms with Crippen LogP contribution >= 0.6 is 0 Å². The molecule has 18 heavy (non-hydrogen) atoms. The second-order valence-corrected chi connectivity index (χ2v) is 3.91. The zero-order valence-corrected chi connectivity index (χ0v) is 12.4. The van der Waals surface area contributed by atoms with Gasteiger partial charge in [-0.1, -0.05) is 5.16 Å². The molecule has 0 atom stereocenters. The van der Waals surface area contributed by atoms with Gasteiger partial charge in [-0.25, -0.2) is 9.13 Å². The van der Waals surface area contributed by atoms with E-state index < -0.39 is 5.97 Å². The van der Waals surface area contributed by atoms with E-state index in [4.69, 9.17) is 10.3 Å². The van der Waals surface area contributed by atoms with Gasteiger partial charge in [0.05, 0.1) is 13.6 Å². The van der Waals surface area contributed by atoms with E-state index in [-0.39, 0.29) is 30.4 Å². The minimum atomic E-state index is -0.745. The minimum Gasteiger partial charge on any atom is -1.00 e. The summed E-state index contributed by atoms with van der Waals surface area (Å²) in [6.45, 7) is 0.793. The van der Waals surface area contributed by atoms with E-state index in [0.717, 1.165) is 25.2 Å². The van der Waals surface area contributed by atoms with Crippen molar-refractivity contribution in [1.82, 2.24) is 4.57 Å². The summed E-state index contributed by atoms with van der Waals surface area (Å²) in [5.74, 6) is 0.0659. The Hall–Kier alpha value is -1.12. The van der Waals surface area contributed by atoms with Gasteiger partial charge < -0.3 is 34.3 Å². The highest BCUT2D eigenvalue weighted by Crippen LogP contribution is 2.03. The fraction of sp³-hybridized carbons (Fsp3) is 0.545. The van der Waals surface area contributed by atoms with E-state index in [9.17, 15) is 4.79 Å². The zero-order valence-electron chi connectivity index (χ0n) is 10.3. The lowest BCUT2D eigenvalue weighted by atomic mass is 10.2. The largest absolute Gasteiger partial charge is 1.00 e. The number of rotatable bonds is 7. The average molecular weight is 367 g/mol. The van der Waals surface area contributed by atoms with Crippen molar-refractivity contribution in [2.24, 2.45) is 12.2 Å². The zero-order chi connectivity index (χ0) is 12.7. The van der Waals surface area contributed by atoms with Crippen LogP contribution in [0.3, 0.4) is 0 Å². The lowest BCUT2D eigenvalue weighted by Gasteiger charge is -1.99. The number of carboxylic acid groups (broad SMARTS) is 1. The summed E-state index contributed by atoms with van der Waals surface area (Å²) in [4.78, 5) is 10.3. The maximum absolute atomic E-state index is 10.3. The van der Waals surface area contributed by atoms with Crippen LogP contribution < -0.4 is 28.5 Å². The van der Waals surface area contributed by atoms with E-state index in [2.05, 4.69) is 5.16 Å². The molecule has 1 aromatic heterocycles. The number of hydrogen-bond donors (Lipinski definition) is 2. The van der Waals surface area contributed by atoms with E-state index >= 15 is 0 Å². The molecule has 0 radical (unpaired) electrons. The van der Waals surface area contributed by atoms with Crippen molar-refractivity contribution in [2.75, 3.05) is 0 Å². The third-order valence-electron chi connectivity index (χ3n) is 2.59. The van der Waals surface area contributed by atoms with E-state index in [1.54, 1.807) is 0 Å². The van der Waals surface area contributed by atoms with Crippen molar-refractivity contribution in [3.8, 4) is 0 Å². The molecule has 0 aliphatic rings. The Kier molecular flexibility index (Phi) is 8.34. The van der Waals surface area contributed by atoms with Crippen molar-refractivity contribution < 1.29 is 43.7 Å². The van der Waals surface area contributed by atoms with Crippen LogP contribution in [0.2, 0.25) is 0 Å². The number of unbranched alkanes of at least 4 members (excludes halogenated alkanes) is 2. The highest BCUT2D eigenvalue weighted by Gasteiger charge is 2.11. The molecule has 2 N–H and O–H groups in total. The monoisotopic (exact) mass is 367 g/mol. The lowest BCUT2D eigenvalue weighted by molar-refractivity contribution is -0.671.